The number of benzene rings is 1. The monoisotopic (exact) mass is 311 g/mol. The van der Waals surface area contributed by atoms with E-state index in [0.717, 1.165) is 17.0 Å². The first-order valence-corrected chi connectivity index (χ1v) is 7.83. The normalized spacial score (nSPS) is 12.9. The predicted molar refractivity (Wildman–Crippen MR) is 80.5 cm³/mol. The molecule has 1 N–H and O–H groups in total. The highest BCUT2D eigenvalue weighted by Crippen LogP contribution is 2.33. The zero-order valence-electron chi connectivity index (χ0n) is 12.4. The molecule has 0 saturated heterocycles. The minimum absolute atomic E-state index is 0.0406. The van der Waals surface area contributed by atoms with Gasteiger partial charge in [-0.15, -0.1) is 5.10 Å². The molecule has 21 heavy (non-hydrogen) atoms. The second kappa shape index (κ2) is 7.04. The van der Waals surface area contributed by atoms with Crippen LogP contribution in [0.15, 0.2) is 18.2 Å². The number of rotatable bonds is 6. The Balaban J connectivity index is 2.50. The van der Waals surface area contributed by atoms with Gasteiger partial charge in [-0.1, -0.05) is 31.3 Å². The average molecular weight is 311 g/mol. The van der Waals surface area contributed by atoms with Crippen molar-refractivity contribution in [1.82, 2.24) is 14.9 Å². The Morgan fingerprint density at radius 3 is 2.48 bits per heavy atom. The fourth-order valence-corrected chi connectivity index (χ4v) is 3.10. The molecular weight excluding hydrogens is 292 g/mol. The maximum Gasteiger partial charge on any atom is 0.131 e. The number of hydrogen-bond acceptors (Lipinski definition) is 4. The van der Waals surface area contributed by atoms with Crippen molar-refractivity contribution >= 4 is 11.5 Å². The number of aromatic nitrogens is 2. The van der Waals surface area contributed by atoms with Crippen molar-refractivity contribution in [2.45, 2.75) is 39.2 Å². The van der Waals surface area contributed by atoms with Gasteiger partial charge in [-0.2, -0.15) is 0 Å². The maximum absolute atomic E-state index is 14.1. The lowest BCUT2D eigenvalue weighted by molar-refractivity contribution is 0.503. The van der Waals surface area contributed by atoms with Crippen LogP contribution in [0.4, 0.5) is 8.78 Å². The van der Waals surface area contributed by atoms with Gasteiger partial charge in [0.1, 0.15) is 11.6 Å². The molecule has 0 spiro atoms. The topological polar surface area (TPSA) is 37.8 Å². The summed E-state index contributed by atoms with van der Waals surface area (Å²) >= 11 is 1.19. The van der Waals surface area contributed by atoms with Gasteiger partial charge in [0.05, 0.1) is 16.6 Å². The highest BCUT2D eigenvalue weighted by Gasteiger charge is 2.27. The molecule has 0 amide bonds. The molecule has 2 rings (SSSR count). The van der Waals surface area contributed by atoms with Crippen LogP contribution in [0.1, 0.15) is 55.3 Å². The van der Waals surface area contributed by atoms with Crippen LogP contribution in [-0.2, 0) is 0 Å². The Bertz CT molecular complexity index is 578. The Morgan fingerprint density at radius 1 is 1.24 bits per heavy atom. The average Bonchev–Trinajstić information content (AvgIpc) is 2.91. The zero-order chi connectivity index (χ0) is 15.4. The van der Waals surface area contributed by atoms with Crippen LogP contribution >= 0.6 is 11.5 Å². The van der Waals surface area contributed by atoms with Crippen LogP contribution in [0.25, 0.3) is 0 Å². The Hall–Kier alpha value is -1.40. The summed E-state index contributed by atoms with van der Waals surface area (Å²) in [7, 11) is 0. The molecule has 0 radical (unpaired) electrons. The second-order valence-corrected chi connectivity index (χ2v) is 5.99. The lowest BCUT2D eigenvalue weighted by atomic mass is 9.99. The molecule has 0 aliphatic heterocycles. The number of nitrogens with zero attached hydrogens (tertiary/aromatic N) is 2. The molecule has 2 aromatic rings. The van der Waals surface area contributed by atoms with Crippen LogP contribution in [0.3, 0.4) is 0 Å². The van der Waals surface area contributed by atoms with E-state index < -0.39 is 17.7 Å². The second-order valence-electron chi connectivity index (χ2n) is 5.20. The van der Waals surface area contributed by atoms with E-state index in [1.165, 1.54) is 29.7 Å². The molecule has 1 unspecified atom stereocenters. The van der Waals surface area contributed by atoms with Gasteiger partial charge in [0, 0.05) is 5.56 Å². The van der Waals surface area contributed by atoms with E-state index in [1.54, 1.807) is 0 Å². The van der Waals surface area contributed by atoms with E-state index in [2.05, 4.69) is 14.9 Å². The zero-order valence-corrected chi connectivity index (χ0v) is 13.2. The molecule has 114 valence electrons. The van der Waals surface area contributed by atoms with Crippen molar-refractivity contribution in [1.29, 1.82) is 0 Å². The minimum atomic E-state index is -0.552. The lowest BCUT2D eigenvalue weighted by Gasteiger charge is -2.20. The fourth-order valence-electron chi connectivity index (χ4n) is 2.21. The summed E-state index contributed by atoms with van der Waals surface area (Å²) in [5, 5.41) is 7.33. The predicted octanol–water partition coefficient (Wildman–Crippen LogP) is 4.03. The number of nitrogens with one attached hydrogen (secondary N) is 1. The van der Waals surface area contributed by atoms with Gasteiger partial charge in [-0.3, -0.25) is 0 Å². The molecule has 0 saturated carbocycles. The van der Waals surface area contributed by atoms with Crippen molar-refractivity contribution < 1.29 is 8.78 Å². The smallest absolute Gasteiger partial charge is 0.131 e. The first-order chi connectivity index (χ1) is 10.1. The highest BCUT2D eigenvalue weighted by atomic mass is 32.1. The van der Waals surface area contributed by atoms with Crippen molar-refractivity contribution in [2.24, 2.45) is 0 Å². The Morgan fingerprint density at radius 2 is 1.90 bits per heavy atom. The van der Waals surface area contributed by atoms with Crippen LogP contribution in [0.5, 0.6) is 0 Å². The van der Waals surface area contributed by atoms with Crippen LogP contribution in [0, 0.1) is 11.6 Å². The maximum atomic E-state index is 14.1. The summed E-state index contributed by atoms with van der Waals surface area (Å²) in [6, 6.07) is 3.38. The third-order valence-electron chi connectivity index (χ3n) is 3.24. The SMILES string of the molecule is CCCNC(c1snnc1C(C)C)c1c(F)cccc1F. The van der Waals surface area contributed by atoms with Gasteiger partial charge in [-0.25, -0.2) is 8.78 Å². The van der Waals surface area contributed by atoms with Crippen molar-refractivity contribution in [3.05, 3.63) is 46.0 Å². The quantitative estimate of drug-likeness (QED) is 0.875. The molecule has 3 nitrogen and oxygen atoms in total. The molecule has 1 atom stereocenters. The molecule has 0 fully saturated rings. The number of halogens is 2. The molecular formula is C15H19F2N3S. The molecule has 6 heteroatoms. The molecule has 1 heterocycles. The molecule has 0 bridgehead atoms. The first-order valence-electron chi connectivity index (χ1n) is 7.05. The molecule has 1 aromatic heterocycles. The van der Waals surface area contributed by atoms with E-state index >= 15 is 0 Å². The highest BCUT2D eigenvalue weighted by molar-refractivity contribution is 7.05. The Labute approximate surface area is 127 Å². The summed E-state index contributed by atoms with van der Waals surface area (Å²) in [5.41, 5.74) is 0.829. The van der Waals surface area contributed by atoms with Gasteiger partial charge >= 0.3 is 0 Å². The van der Waals surface area contributed by atoms with Gasteiger partial charge < -0.3 is 5.32 Å². The van der Waals surface area contributed by atoms with Crippen LogP contribution < -0.4 is 5.32 Å². The van der Waals surface area contributed by atoms with E-state index in [0.29, 0.717) is 6.54 Å². The van der Waals surface area contributed by atoms with Crippen molar-refractivity contribution in [3.8, 4) is 0 Å². The summed E-state index contributed by atoms with van der Waals surface area (Å²) < 4.78 is 32.2. The van der Waals surface area contributed by atoms with E-state index in [1.807, 2.05) is 20.8 Å². The van der Waals surface area contributed by atoms with Gasteiger partial charge in [0.25, 0.3) is 0 Å². The number of hydrogen-bond donors (Lipinski definition) is 1. The van der Waals surface area contributed by atoms with Gasteiger partial charge in [0.15, 0.2) is 0 Å². The van der Waals surface area contributed by atoms with Crippen LogP contribution in [-0.4, -0.2) is 16.1 Å². The van der Waals surface area contributed by atoms with Crippen molar-refractivity contribution in [2.75, 3.05) is 6.54 Å². The minimum Gasteiger partial charge on any atom is -0.305 e. The third-order valence-corrected chi connectivity index (χ3v) is 4.04. The molecule has 1 aromatic carbocycles. The molecule has 0 aliphatic carbocycles. The third kappa shape index (κ3) is 3.44. The van der Waals surface area contributed by atoms with Gasteiger partial charge in [-0.05, 0) is 42.5 Å². The summed E-state index contributed by atoms with van der Waals surface area (Å²) in [6.07, 6.45) is 0.871. The fraction of sp³-hybridized carbons (Fsp3) is 0.467. The standard InChI is InChI=1S/C15H19F2N3S/c1-4-8-18-14(12-10(16)6-5-7-11(12)17)15-13(9(2)3)19-20-21-15/h5-7,9,14,18H,4,8H2,1-3H3. The van der Waals surface area contributed by atoms with Crippen molar-refractivity contribution in [3.63, 3.8) is 0 Å². The first kappa shape index (κ1) is 16.0. The largest absolute Gasteiger partial charge is 0.305 e. The van der Waals surface area contributed by atoms with E-state index in [9.17, 15) is 8.78 Å². The lowest BCUT2D eigenvalue weighted by Crippen LogP contribution is -2.25. The Kier molecular flexibility index (Phi) is 5.36. The summed E-state index contributed by atoms with van der Waals surface area (Å²) in [4.78, 5) is 0.780. The van der Waals surface area contributed by atoms with Crippen LogP contribution in [0.2, 0.25) is 0 Å². The van der Waals surface area contributed by atoms with E-state index in [4.69, 9.17) is 0 Å². The summed E-state index contributed by atoms with van der Waals surface area (Å²) in [5.74, 6) is -0.946. The molecule has 0 aliphatic rings. The summed E-state index contributed by atoms with van der Waals surface area (Å²) in [6.45, 7) is 6.66. The van der Waals surface area contributed by atoms with E-state index in [-0.39, 0.29) is 11.5 Å². The van der Waals surface area contributed by atoms with Gasteiger partial charge in [0.2, 0.25) is 0 Å².